The lowest BCUT2D eigenvalue weighted by Gasteiger charge is -2.11. The highest BCUT2D eigenvalue weighted by Crippen LogP contribution is 2.38. The highest BCUT2D eigenvalue weighted by atomic mass is 32.1. The number of nitrogens with one attached hydrogen (secondary N) is 1. The van der Waals surface area contributed by atoms with Crippen LogP contribution in [-0.2, 0) is 17.6 Å². The third-order valence-corrected chi connectivity index (χ3v) is 4.92. The molecule has 0 saturated heterocycles. The lowest BCUT2D eigenvalue weighted by molar-refractivity contribution is 0.0601. The van der Waals surface area contributed by atoms with Crippen molar-refractivity contribution in [1.82, 2.24) is 4.98 Å². The third kappa shape index (κ3) is 2.74. The Balaban J connectivity index is 1.94. The third-order valence-electron chi connectivity index (χ3n) is 3.71. The Morgan fingerprint density at radius 3 is 2.86 bits per heavy atom. The van der Waals surface area contributed by atoms with Crippen molar-refractivity contribution in [2.24, 2.45) is 0 Å². The molecule has 0 bridgehead atoms. The van der Waals surface area contributed by atoms with Crippen molar-refractivity contribution >= 4 is 28.2 Å². The number of hydrogen-bond acceptors (Lipinski definition) is 5. The van der Waals surface area contributed by atoms with Gasteiger partial charge in [0.25, 0.3) is 5.91 Å². The lowest BCUT2D eigenvalue weighted by Crippen LogP contribution is -2.15. The van der Waals surface area contributed by atoms with Gasteiger partial charge in [-0.1, -0.05) is 0 Å². The number of methoxy groups -OCH3 is 1. The maximum absolute atomic E-state index is 12.3. The molecular formula is C16H16N2O3S. The van der Waals surface area contributed by atoms with Gasteiger partial charge in [0.1, 0.15) is 5.00 Å². The minimum atomic E-state index is -0.388. The van der Waals surface area contributed by atoms with E-state index in [0.717, 1.165) is 31.2 Å². The largest absolute Gasteiger partial charge is 0.465 e. The summed E-state index contributed by atoms with van der Waals surface area (Å²) in [7, 11) is 1.36. The Bertz CT molecular complexity index is 710. The maximum Gasteiger partial charge on any atom is 0.341 e. The predicted molar refractivity (Wildman–Crippen MR) is 84.5 cm³/mol. The van der Waals surface area contributed by atoms with Crippen LogP contribution in [0.15, 0.2) is 24.5 Å². The Morgan fingerprint density at radius 1 is 1.32 bits per heavy atom. The number of pyridine rings is 1. The average molecular weight is 316 g/mol. The van der Waals surface area contributed by atoms with Crippen LogP contribution >= 0.6 is 11.3 Å². The molecule has 114 valence electrons. The van der Waals surface area contributed by atoms with Crippen molar-refractivity contribution < 1.29 is 14.3 Å². The number of aromatic nitrogens is 1. The van der Waals surface area contributed by atoms with Gasteiger partial charge >= 0.3 is 5.97 Å². The molecule has 5 nitrogen and oxygen atoms in total. The second kappa shape index (κ2) is 6.27. The number of esters is 1. The molecule has 0 fully saturated rings. The highest BCUT2D eigenvalue weighted by molar-refractivity contribution is 7.17. The number of amides is 1. The van der Waals surface area contributed by atoms with Crippen molar-refractivity contribution in [1.29, 1.82) is 0 Å². The summed E-state index contributed by atoms with van der Waals surface area (Å²) in [4.78, 5) is 29.5. The molecule has 2 aromatic rings. The van der Waals surface area contributed by atoms with Gasteiger partial charge in [0.2, 0.25) is 0 Å². The summed E-state index contributed by atoms with van der Waals surface area (Å²) >= 11 is 1.48. The number of fused-ring (bicyclic) bond motifs is 1. The smallest absolute Gasteiger partial charge is 0.341 e. The fraction of sp³-hybridized carbons (Fsp3) is 0.312. The van der Waals surface area contributed by atoms with E-state index < -0.39 is 0 Å². The molecule has 0 radical (unpaired) electrons. The number of rotatable bonds is 3. The van der Waals surface area contributed by atoms with Crippen LogP contribution in [0.25, 0.3) is 0 Å². The van der Waals surface area contributed by atoms with Crippen molar-refractivity contribution in [2.45, 2.75) is 25.7 Å². The Hall–Kier alpha value is -2.21. The normalized spacial score (nSPS) is 13.3. The molecule has 1 amide bonds. The molecule has 1 aliphatic carbocycles. The zero-order valence-corrected chi connectivity index (χ0v) is 13.0. The van der Waals surface area contributed by atoms with E-state index in [4.69, 9.17) is 4.74 Å². The summed E-state index contributed by atoms with van der Waals surface area (Å²) in [5.41, 5.74) is 2.01. The monoisotopic (exact) mass is 316 g/mol. The first-order chi connectivity index (χ1) is 10.7. The average Bonchev–Trinajstić information content (AvgIpc) is 2.92. The van der Waals surface area contributed by atoms with Crippen LogP contribution in [0.3, 0.4) is 0 Å². The van der Waals surface area contributed by atoms with Gasteiger partial charge < -0.3 is 10.1 Å². The minimum Gasteiger partial charge on any atom is -0.465 e. The van der Waals surface area contributed by atoms with Gasteiger partial charge in [-0.15, -0.1) is 11.3 Å². The van der Waals surface area contributed by atoms with Crippen LogP contribution < -0.4 is 5.32 Å². The van der Waals surface area contributed by atoms with Crippen molar-refractivity contribution in [3.8, 4) is 0 Å². The molecule has 0 unspecified atom stereocenters. The van der Waals surface area contributed by atoms with Crippen LogP contribution in [0.5, 0.6) is 0 Å². The summed E-state index contributed by atoms with van der Waals surface area (Å²) in [6, 6.07) is 3.39. The summed E-state index contributed by atoms with van der Waals surface area (Å²) < 4.78 is 4.89. The van der Waals surface area contributed by atoms with Crippen LogP contribution in [0.4, 0.5) is 5.00 Å². The molecule has 0 saturated carbocycles. The highest BCUT2D eigenvalue weighted by Gasteiger charge is 2.27. The van der Waals surface area contributed by atoms with E-state index in [-0.39, 0.29) is 11.9 Å². The van der Waals surface area contributed by atoms with Crippen molar-refractivity contribution in [3.63, 3.8) is 0 Å². The molecule has 2 heterocycles. The fourth-order valence-electron chi connectivity index (χ4n) is 2.64. The minimum absolute atomic E-state index is 0.267. The molecule has 0 spiro atoms. The number of carbonyl (C=O) groups excluding carboxylic acids is 2. The van der Waals surface area contributed by atoms with Crippen molar-refractivity contribution in [2.75, 3.05) is 12.4 Å². The topological polar surface area (TPSA) is 68.3 Å². The number of aryl methyl sites for hydroxylation is 1. The summed E-state index contributed by atoms with van der Waals surface area (Å²) in [5.74, 6) is -0.655. The van der Waals surface area contributed by atoms with Gasteiger partial charge in [-0.2, -0.15) is 0 Å². The van der Waals surface area contributed by atoms with E-state index in [1.807, 2.05) is 0 Å². The Labute approximate surface area is 132 Å². The molecule has 1 aliphatic rings. The van der Waals surface area contributed by atoms with Gasteiger partial charge in [0.15, 0.2) is 0 Å². The molecule has 0 aliphatic heterocycles. The number of carbonyl (C=O) groups is 2. The predicted octanol–water partition coefficient (Wildman–Crippen LogP) is 3.06. The number of anilines is 1. The number of thiophene rings is 1. The van der Waals surface area contributed by atoms with Gasteiger partial charge in [-0.3, -0.25) is 9.78 Å². The summed E-state index contributed by atoms with van der Waals surface area (Å²) in [5, 5.41) is 3.41. The number of nitrogens with zero attached hydrogens (tertiary/aromatic N) is 1. The maximum atomic E-state index is 12.3. The molecule has 2 aromatic heterocycles. The fourth-order valence-corrected chi connectivity index (χ4v) is 3.92. The van der Waals surface area contributed by atoms with Crippen LogP contribution in [-0.4, -0.2) is 24.0 Å². The summed E-state index contributed by atoms with van der Waals surface area (Å²) in [6.07, 6.45) is 7.10. The van der Waals surface area contributed by atoms with E-state index in [9.17, 15) is 9.59 Å². The zero-order valence-electron chi connectivity index (χ0n) is 12.2. The van der Waals surface area contributed by atoms with Gasteiger partial charge in [-0.25, -0.2) is 4.79 Å². The molecule has 0 atom stereocenters. The van der Waals surface area contributed by atoms with Gasteiger partial charge in [-0.05, 0) is 43.4 Å². The molecular weight excluding hydrogens is 300 g/mol. The van der Waals surface area contributed by atoms with E-state index in [2.05, 4.69) is 10.3 Å². The number of hydrogen-bond donors (Lipinski definition) is 1. The van der Waals surface area contributed by atoms with E-state index >= 15 is 0 Å². The molecule has 1 N–H and O–H groups in total. The number of ether oxygens (including phenoxy) is 1. The molecule has 0 aromatic carbocycles. The quantitative estimate of drug-likeness (QED) is 0.884. The standard InChI is InChI=1S/C16H16N2O3S/c1-21-16(20)13-11-6-2-3-7-12(11)22-15(13)18-14(19)10-5-4-8-17-9-10/h4-5,8-9H,2-3,6-7H2,1H3,(H,18,19). The first kappa shape index (κ1) is 14.7. The van der Waals surface area contributed by atoms with E-state index in [1.165, 1.54) is 29.5 Å². The Kier molecular flexibility index (Phi) is 4.20. The second-order valence-corrected chi connectivity index (χ2v) is 6.21. The zero-order chi connectivity index (χ0) is 15.5. The first-order valence-corrected chi connectivity index (χ1v) is 7.96. The molecule has 6 heteroatoms. The van der Waals surface area contributed by atoms with Gasteiger partial charge in [0, 0.05) is 17.3 Å². The van der Waals surface area contributed by atoms with Crippen LogP contribution in [0.2, 0.25) is 0 Å². The van der Waals surface area contributed by atoms with Crippen molar-refractivity contribution in [3.05, 3.63) is 46.1 Å². The van der Waals surface area contributed by atoms with Crippen LogP contribution in [0.1, 0.15) is 44.0 Å². The molecule has 3 rings (SSSR count). The van der Waals surface area contributed by atoms with Gasteiger partial charge in [0.05, 0.1) is 18.2 Å². The molecule has 22 heavy (non-hydrogen) atoms. The van der Waals surface area contributed by atoms with E-state index in [0.29, 0.717) is 16.1 Å². The SMILES string of the molecule is COC(=O)c1c(NC(=O)c2cccnc2)sc2c1CCCC2. The lowest BCUT2D eigenvalue weighted by atomic mass is 9.95. The van der Waals surface area contributed by atoms with Crippen LogP contribution in [0, 0.1) is 0 Å². The first-order valence-electron chi connectivity index (χ1n) is 7.15. The van der Waals surface area contributed by atoms with E-state index in [1.54, 1.807) is 18.3 Å². The summed E-state index contributed by atoms with van der Waals surface area (Å²) in [6.45, 7) is 0. The Morgan fingerprint density at radius 2 is 2.14 bits per heavy atom. The second-order valence-electron chi connectivity index (χ2n) is 5.10.